The molecule has 126 valence electrons. The second kappa shape index (κ2) is 7.59. The van der Waals surface area contributed by atoms with Crippen molar-refractivity contribution >= 4 is 17.5 Å². The molecule has 2 rings (SSSR count). The monoisotopic (exact) mass is 318 g/mol. The lowest BCUT2D eigenvalue weighted by Crippen LogP contribution is -2.31. The number of hydrogen-bond donors (Lipinski definition) is 3. The van der Waals surface area contributed by atoms with Gasteiger partial charge in [0.2, 0.25) is 11.8 Å². The van der Waals surface area contributed by atoms with Crippen LogP contribution in [0.5, 0.6) is 0 Å². The van der Waals surface area contributed by atoms with Gasteiger partial charge in [-0.3, -0.25) is 9.59 Å². The van der Waals surface area contributed by atoms with Gasteiger partial charge in [-0.15, -0.1) is 0 Å². The Hall–Kier alpha value is -1.88. The third-order valence-corrected chi connectivity index (χ3v) is 4.08. The summed E-state index contributed by atoms with van der Waals surface area (Å²) in [6, 6.07) is 7.37. The standard InChI is InChI=1S/C18H26N2O3/c1-13(2)19-16(21)11-14-5-7-15(8-6-14)20-17(22)12-18(23)9-3-4-10-18/h5-8,13,23H,3-4,9-12H2,1-2H3,(H,19,21)(H,20,22). The lowest BCUT2D eigenvalue weighted by atomic mass is 9.97. The Morgan fingerprint density at radius 2 is 1.74 bits per heavy atom. The minimum Gasteiger partial charge on any atom is -0.389 e. The van der Waals surface area contributed by atoms with Crippen molar-refractivity contribution in [1.82, 2.24) is 5.32 Å². The quantitative estimate of drug-likeness (QED) is 0.753. The van der Waals surface area contributed by atoms with E-state index >= 15 is 0 Å². The Labute approximate surface area is 137 Å². The van der Waals surface area contributed by atoms with Crippen molar-refractivity contribution in [2.24, 2.45) is 0 Å². The number of carbonyl (C=O) groups excluding carboxylic acids is 2. The Bertz CT molecular complexity index is 546. The van der Waals surface area contributed by atoms with Gasteiger partial charge in [0.25, 0.3) is 0 Å². The molecule has 5 heteroatoms. The fourth-order valence-electron chi connectivity index (χ4n) is 2.98. The van der Waals surface area contributed by atoms with Gasteiger partial charge in [0, 0.05) is 11.7 Å². The first-order chi connectivity index (χ1) is 10.9. The van der Waals surface area contributed by atoms with E-state index in [1.54, 1.807) is 12.1 Å². The van der Waals surface area contributed by atoms with Crippen LogP contribution >= 0.6 is 0 Å². The SMILES string of the molecule is CC(C)NC(=O)Cc1ccc(NC(=O)CC2(O)CCCC2)cc1. The summed E-state index contributed by atoms with van der Waals surface area (Å²) in [7, 11) is 0. The van der Waals surface area contributed by atoms with Gasteiger partial charge in [-0.1, -0.05) is 25.0 Å². The maximum atomic E-state index is 12.0. The van der Waals surface area contributed by atoms with E-state index in [1.807, 2.05) is 26.0 Å². The maximum Gasteiger partial charge on any atom is 0.227 e. The number of anilines is 1. The number of rotatable bonds is 6. The third kappa shape index (κ3) is 5.67. The molecule has 1 aromatic rings. The van der Waals surface area contributed by atoms with E-state index in [1.165, 1.54) is 0 Å². The average molecular weight is 318 g/mol. The van der Waals surface area contributed by atoms with E-state index in [2.05, 4.69) is 10.6 Å². The first-order valence-corrected chi connectivity index (χ1v) is 8.27. The highest BCUT2D eigenvalue weighted by Crippen LogP contribution is 2.32. The van der Waals surface area contributed by atoms with Crippen molar-refractivity contribution in [3.8, 4) is 0 Å². The molecule has 1 fully saturated rings. The van der Waals surface area contributed by atoms with Crippen LogP contribution < -0.4 is 10.6 Å². The normalized spacial score (nSPS) is 16.3. The van der Waals surface area contributed by atoms with Gasteiger partial charge in [-0.25, -0.2) is 0 Å². The fourth-order valence-corrected chi connectivity index (χ4v) is 2.98. The van der Waals surface area contributed by atoms with E-state index in [4.69, 9.17) is 0 Å². The first-order valence-electron chi connectivity index (χ1n) is 8.27. The molecule has 0 aliphatic heterocycles. The fraction of sp³-hybridized carbons (Fsp3) is 0.556. The van der Waals surface area contributed by atoms with E-state index in [-0.39, 0.29) is 24.3 Å². The van der Waals surface area contributed by atoms with Crippen LogP contribution in [0.2, 0.25) is 0 Å². The molecule has 1 aliphatic carbocycles. The van der Waals surface area contributed by atoms with Crippen molar-refractivity contribution in [3.05, 3.63) is 29.8 Å². The Morgan fingerprint density at radius 1 is 1.13 bits per heavy atom. The zero-order chi connectivity index (χ0) is 16.9. The smallest absolute Gasteiger partial charge is 0.227 e. The van der Waals surface area contributed by atoms with E-state index in [0.717, 1.165) is 18.4 Å². The van der Waals surface area contributed by atoms with Crippen molar-refractivity contribution in [3.63, 3.8) is 0 Å². The molecule has 5 nitrogen and oxygen atoms in total. The van der Waals surface area contributed by atoms with Gasteiger partial charge >= 0.3 is 0 Å². The number of hydrogen-bond acceptors (Lipinski definition) is 3. The van der Waals surface area contributed by atoms with Crippen LogP contribution in [0.25, 0.3) is 0 Å². The number of benzene rings is 1. The first kappa shape index (κ1) is 17.5. The second-order valence-electron chi connectivity index (χ2n) is 6.75. The minimum atomic E-state index is -0.834. The maximum absolute atomic E-state index is 12.0. The molecule has 0 saturated heterocycles. The lowest BCUT2D eigenvalue weighted by Gasteiger charge is -2.21. The van der Waals surface area contributed by atoms with Crippen molar-refractivity contribution in [1.29, 1.82) is 0 Å². The van der Waals surface area contributed by atoms with Gasteiger partial charge in [0.1, 0.15) is 0 Å². The van der Waals surface area contributed by atoms with Crippen LogP contribution in [0.3, 0.4) is 0 Å². The molecule has 0 aromatic heterocycles. The van der Waals surface area contributed by atoms with Gasteiger partial charge in [-0.2, -0.15) is 0 Å². The van der Waals surface area contributed by atoms with Crippen LogP contribution in [-0.2, 0) is 16.0 Å². The molecule has 0 unspecified atom stereocenters. The molecule has 3 N–H and O–H groups in total. The van der Waals surface area contributed by atoms with E-state index < -0.39 is 5.60 Å². The van der Waals surface area contributed by atoms with Gasteiger partial charge in [0.15, 0.2) is 0 Å². The molecule has 1 saturated carbocycles. The summed E-state index contributed by atoms with van der Waals surface area (Å²) < 4.78 is 0. The molecule has 1 aromatic carbocycles. The van der Waals surface area contributed by atoms with Crippen LogP contribution in [0.15, 0.2) is 24.3 Å². The number of amides is 2. The van der Waals surface area contributed by atoms with Crippen molar-refractivity contribution in [2.75, 3.05) is 5.32 Å². The van der Waals surface area contributed by atoms with E-state index in [9.17, 15) is 14.7 Å². The van der Waals surface area contributed by atoms with Crippen LogP contribution in [0.4, 0.5) is 5.69 Å². The molecule has 0 spiro atoms. The zero-order valence-corrected chi connectivity index (χ0v) is 13.9. The second-order valence-corrected chi connectivity index (χ2v) is 6.75. The summed E-state index contributed by atoms with van der Waals surface area (Å²) >= 11 is 0. The van der Waals surface area contributed by atoms with Gasteiger partial charge in [-0.05, 0) is 44.4 Å². The Morgan fingerprint density at radius 3 is 2.30 bits per heavy atom. The number of aliphatic hydroxyl groups is 1. The summed E-state index contributed by atoms with van der Waals surface area (Å²) in [5.41, 5.74) is 0.749. The van der Waals surface area contributed by atoms with Crippen LogP contribution in [-0.4, -0.2) is 28.6 Å². The predicted octanol–water partition coefficient (Wildman–Crippen LogP) is 2.39. The van der Waals surface area contributed by atoms with Crippen molar-refractivity contribution in [2.45, 2.75) is 64.0 Å². The largest absolute Gasteiger partial charge is 0.389 e. The van der Waals surface area contributed by atoms with E-state index in [0.29, 0.717) is 24.9 Å². The van der Waals surface area contributed by atoms with Gasteiger partial charge < -0.3 is 15.7 Å². The molecular formula is C18H26N2O3. The average Bonchev–Trinajstić information content (AvgIpc) is 2.86. The summed E-state index contributed by atoms with van der Waals surface area (Å²) in [5, 5.41) is 15.9. The Kier molecular flexibility index (Phi) is 5.77. The summed E-state index contributed by atoms with van der Waals surface area (Å²) in [5.74, 6) is -0.181. The molecule has 23 heavy (non-hydrogen) atoms. The number of nitrogens with one attached hydrogen (secondary N) is 2. The zero-order valence-electron chi connectivity index (χ0n) is 13.9. The summed E-state index contributed by atoms with van der Waals surface area (Å²) in [6.07, 6.45) is 3.83. The molecule has 1 aliphatic rings. The summed E-state index contributed by atoms with van der Waals surface area (Å²) in [6.45, 7) is 3.85. The lowest BCUT2D eigenvalue weighted by molar-refractivity contribution is -0.121. The van der Waals surface area contributed by atoms with Crippen molar-refractivity contribution < 1.29 is 14.7 Å². The highest BCUT2D eigenvalue weighted by molar-refractivity contribution is 5.91. The van der Waals surface area contributed by atoms with Crippen LogP contribution in [0.1, 0.15) is 51.5 Å². The Balaban J connectivity index is 1.84. The molecule has 0 heterocycles. The predicted molar refractivity (Wildman–Crippen MR) is 90.1 cm³/mol. The molecule has 0 radical (unpaired) electrons. The van der Waals surface area contributed by atoms with Gasteiger partial charge in [0.05, 0.1) is 18.4 Å². The molecular weight excluding hydrogens is 292 g/mol. The number of carbonyl (C=O) groups is 2. The minimum absolute atomic E-state index is 0.0137. The highest BCUT2D eigenvalue weighted by atomic mass is 16.3. The topological polar surface area (TPSA) is 78.4 Å². The van der Waals surface area contributed by atoms with Crippen LogP contribution in [0, 0.1) is 0 Å². The third-order valence-electron chi connectivity index (χ3n) is 4.08. The summed E-state index contributed by atoms with van der Waals surface area (Å²) in [4.78, 5) is 23.7. The molecule has 0 atom stereocenters. The molecule has 2 amide bonds. The highest BCUT2D eigenvalue weighted by Gasteiger charge is 2.33. The molecule has 0 bridgehead atoms.